The predicted molar refractivity (Wildman–Crippen MR) is 106 cm³/mol. The number of benzene rings is 2. The van der Waals surface area contributed by atoms with Crippen molar-refractivity contribution < 1.29 is 19.1 Å². The van der Waals surface area contributed by atoms with E-state index in [1.165, 1.54) is 18.7 Å². The van der Waals surface area contributed by atoms with Crippen molar-refractivity contribution in [2.45, 2.75) is 12.1 Å². The fourth-order valence-corrected chi connectivity index (χ4v) is 3.54. The van der Waals surface area contributed by atoms with Gasteiger partial charge in [0.2, 0.25) is 11.1 Å². The van der Waals surface area contributed by atoms with Gasteiger partial charge in [-0.1, -0.05) is 11.8 Å². The molecular formula is C19H17N5O4S. The van der Waals surface area contributed by atoms with E-state index in [0.29, 0.717) is 46.8 Å². The molecule has 0 aliphatic carbocycles. The molecule has 2 heterocycles. The van der Waals surface area contributed by atoms with Gasteiger partial charge in [0.25, 0.3) is 0 Å². The molecule has 0 radical (unpaired) electrons. The van der Waals surface area contributed by atoms with E-state index in [-0.39, 0.29) is 17.4 Å². The number of ether oxygens (including phenoxy) is 2. The molecule has 0 fully saturated rings. The predicted octanol–water partition coefficient (Wildman–Crippen LogP) is 2.37. The van der Waals surface area contributed by atoms with Crippen LogP contribution in [0.2, 0.25) is 0 Å². The molecule has 0 saturated carbocycles. The Kier molecular flexibility index (Phi) is 5.43. The van der Waals surface area contributed by atoms with Crippen LogP contribution in [0.4, 0.5) is 5.69 Å². The summed E-state index contributed by atoms with van der Waals surface area (Å²) >= 11 is 1.24. The van der Waals surface area contributed by atoms with Gasteiger partial charge in [0.15, 0.2) is 17.3 Å². The summed E-state index contributed by atoms with van der Waals surface area (Å²) in [4.78, 5) is 23.6. The van der Waals surface area contributed by atoms with Crippen molar-refractivity contribution in [3.05, 3.63) is 48.0 Å². The molecule has 1 N–H and O–H groups in total. The van der Waals surface area contributed by atoms with Crippen LogP contribution in [0, 0.1) is 0 Å². The molecule has 0 spiro atoms. The Morgan fingerprint density at radius 2 is 1.86 bits per heavy atom. The highest BCUT2D eigenvalue weighted by Crippen LogP contribution is 2.32. The van der Waals surface area contributed by atoms with E-state index in [0.717, 1.165) is 0 Å². The lowest BCUT2D eigenvalue weighted by atomic mass is 10.1. The first-order chi connectivity index (χ1) is 14.1. The van der Waals surface area contributed by atoms with Gasteiger partial charge < -0.3 is 14.8 Å². The Hall–Kier alpha value is -3.40. The average molecular weight is 411 g/mol. The van der Waals surface area contributed by atoms with Crippen LogP contribution in [0.5, 0.6) is 11.5 Å². The van der Waals surface area contributed by atoms with Crippen LogP contribution >= 0.6 is 11.8 Å². The number of tetrazole rings is 1. The lowest BCUT2D eigenvalue weighted by Gasteiger charge is -2.18. The number of rotatable bonds is 6. The number of nitrogens with zero attached hydrogens (tertiary/aromatic N) is 4. The smallest absolute Gasteiger partial charge is 0.221 e. The zero-order valence-corrected chi connectivity index (χ0v) is 16.3. The quantitative estimate of drug-likeness (QED) is 0.486. The summed E-state index contributed by atoms with van der Waals surface area (Å²) in [6, 6.07) is 12.2. The molecule has 148 valence electrons. The van der Waals surface area contributed by atoms with E-state index >= 15 is 0 Å². The largest absolute Gasteiger partial charge is 0.486 e. The van der Waals surface area contributed by atoms with Crippen LogP contribution in [-0.2, 0) is 4.79 Å². The minimum atomic E-state index is -0.161. The van der Waals surface area contributed by atoms with Crippen molar-refractivity contribution in [3.8, 4) is 17.2 Å². The summed E-state index contributed by atoms with van der Waals surface area (Å²) in [5.74, 6) is 1.26. The molecule has 9 nitrogen and oxygen atoms in total. The van der Waals surface area contributed by atoms with E-state index in [9.17, 15) is 9.59 Å². The fraction of sp³-hybridized carbons (Fsp3) is 0.211. The van der Waals surface area contributed by atoms with Gasteiger partial charge in [-0.3, -0.25) is 9.59 Å². The van der Waals surface area contributed by atoms with Crippen LogP contribution in [-0.4, -0.2) is 50.9 Å². The summed E-state index contributed by atoms with van der Waals surface area (Å²) in [5.41, 5.74) is 1.91. The van der Waals surface area contributed by atoms with Gasteiger partial charge in [-0.2, -0.15) is 4.68 Å². The van der Waals surface area contributed by atoms with Crippen molar-refractivity contribution in [1.29, 1.82) is 0 Å². The maximum atomic E-state index is 12.5. The third-order valence-electron chi connectivity index (χ3n) is 4.07. The summed E-state index contributed by atoms with van der Waals surface area (Å²) in [7, 11) is 0. The maximum absolute atomic E-state index is 12.5. The van der Waals surface area contributed by atoms with E-state index in [1.54, 1.807) is 35.0 Å². The Labute approximate surface area is 170 Å². The van der Waals surface area contributed by atoms with Gasteiger partial charge in [0.05, 0.1) is 11.4 Å². The van der Waals surface area contributed by atoms with Crippen LogP contribution in [0.25, 0.3) is 5.69 Å². The molecule has 1 amide bonds. The molecule has 0 saturated heterocycles. The third-order valence-corrected chi connectivity index (χ3v) is 4.99. The number of ketones is 1. The standard InChI is InChI=1S/C19H17N5O4S/c1-12(25)20-14-4-2-13(3-5-14)16(26)11-29-19-21-22-23-24(19)15-6-7-17-18(10-15)28-9-8-27-17/h2-7,10H,8-9,11H2,1H3,(H,20,25). The Morgan fingerprint density at radius 3 is 2.62 bits per heavy atom. The second-order valence-electron chi connectivity index (χ2n) is 6.17. The number of aromatic nitrogens is 4. The molecule has 0 atom stereocenters. The number of fused-ring (bicyclic) bond motifs is 1. The van der Waals surface area contributed by atoms with Gasteiger partial charge in [0, 0.05) is 24.2 Å². The first-order valence-corrected chi connectivity index (χ1v) is 9.81. The van der Waals surface area contributed by atoms with Crippen molar-refractivity contribution in [2.75, 3.05) is 24.3 Å². The second-order valence-corrected chi connectivity index (χ2v) is 7.11. The van der Waals surface area contributed by atoms with Gasteiger partial charge in [-0.05, 0) is 46.8 Å². The Balaban J connectivity index is 1.44. The molecule has 1 aliphatic rings. The highest BCUT2D eigenvalue weighted by Gasteiger charge is 2.16. The molecule has 2 aromatic carbocycles. The number of amides is 1. The van der Waals surface area contributed by atoms with Crippen molar-refractivity contribution >= 4 is 29.1 Å². The molecular weight excluding hydrogens is 394 g/mol. The SMILES string of the molecule is CC(=O)Nc1ccc(C(=O)CSc2nnnn2-c2ccc3c(c2)OCCO3)cc1. The topological polar surface area (TPSA) is 108 Å². The minimum Gasteiger partial charge on any atom is -0.486 e. The molecule has 3 aromatic rings. The van der Waals surface area contributed by atoms with E-state index < -0.39 is 0 Å². The summed E-state index contributed by atoms with van der Waals surface area (Å²) < 4.78 is 12.7. The van der Waals surface area contributed by atoms with Crippen molar-refractivity contribution in [3.63, 3.8) is 0 Å². The van der Waals surface area contributed by atoms with Crippen LogP contribution in [0.15, 0.2) is 47.6 Å². The van der Waals surface area contributed by atoms with E-state index in [4.69, 9.17) is 9.47 Å². The average Bonchev–Trinajstić information content (AvgIpc) is 3.20. The normalized spacial score (nSPS) is 12.4. The molecule has 0 unspecified atom stereocenters. The Morgan fingerprint density at radius 1 is 1.10 bits per heavy atom. The number of thioether (sulfide) groups is 1. The van der Waals surface area contributed by atoms with Gasteiger partial charge in [0.1, 0.15) is 13.2 Å². The number of nitrogens with one attached hydrogen (secondary N) is 1. The summed E-state index contributed by atoms with van der Waals surface area (Å²) in [6.07, 6.45) is 0. The van der Waals surface area contributed by atoms with Crippen LogP contribution in [0.3, 0.4) is 0 Å². The number of Topliss-reactive ketones (excluding diaryl/α,β-unsaturated/α-hetero) is 1. The number of anilines is 1. The molecule has 4 rings (SSSR count). The highest BCUT2D eigenvalue weighted by molar-refractivity contribution is 7.99. The number of carbonyl (C=O) groups excluding carboxylic acids is 2. The van der Waals surface area contributed by atoms with Crippen molar-refractivity contribution in [1.82, 2.24) is 20.2 Å². The molecule has 29 heavy (non-hydrogen) atoms. The van der Waals surface area contributed by atoms with Crippen LogP contribution in [0.1, 0.15) is 17.3 Å². The highest BCUT2D eigenvalue weighted by atomic mass is 32.2. The zero-order chi connectivity index (χ0) is 20.2. The summed E-state index contributed by atoms with van der Waals surface area (Å²) in [5, 5.41) is 14.9. The van der Waals surface area contributed by atoms with Gasteiger partial charge >= 0.3 is 0 Å². The first-order valence-electron chi connectivity index (χ1n) is 8.82. The lowest BCUT2D eigenvalue weighted by molar-refractivity contribution is -0.114. The lowest BCUT2D eigenvalue weighted by Crippen LogP contribution is -2.15. The van der Waals surface area contributed by atoms with Gasteiger partial charge in [-0.15, -0.1) is 5.10 Å². The Bertz CT molecular complexity index is 1050. The number of carbonyl (C=O) groups is 2. The number of hydrogen-bond donors (Lipinski definition) is 1. The van der Waals surface area contributed by atoms with Gasteiger partial charge in [-0.25, -0.2) is 0 Å². The van der Waals surface area contributed by atoms with Crippen molar-refractivity contribution in [2.24, 2.45) is 0 Å². The fourth-order valence-electron chi connectivity index (χ4n) is 2.75. The van der Waals surface area contributed by atoms with Crippen LogP contribution < -0.4 is 14.8 Å². The number of hydrogen-bond acceptors (Lipinski definition) is 8. The molecule has 10 heteroatoms. The minimum absolute atomic E-state index is 0.0684. The second kappa shape index (κ2) is 8.31. The van der Waals surface area contributed by atoms with E-state index in [1.807, 2.05) is 12.1 Å². The maximum Gasteiger partial charge on any atom is 0.221 e. The monoisotopic (exact) mass is 411 g/mol. The molecule has 1 aromatic heterocycles. The zero-order valence-electron chi connectivity index (χ0n) is 15.5. The summed E-state index contributed by atoms with van der Waals surface area (Å²) in [6.45, 7) is 2.44. The first kappa shape index (κ1) is 18.9. The van der Waals surface area contributed by atoms with E-state index in [2.05, 4.69) is 20.8 Å². The third kappa shape index (κ3) is 4.37. The molecule has 1 aliphatic heterocycles. The molecule has 0 bridgehead atoms.